The second kappa shape index (κ2) is 5.06. The zero-order valence-electron chi connectivity index (χ0n) is 9.37. The Bertz CT molecular complexity index is 534. The number of carbonyl (C=O) groups is 1. The third-order valence-electron chi connectivity index (χ3n) is 2.56. The van der Waals surface area contributed by atoms with Crippen molar-refractivity contribution in [2.75, 3.05) is 0 Å². The van der Waals surface area contributed by atoms with E-state index < -0.39 is 0 Å². The molecule has 1 aromatic carbocycles. The number of rotatable bonds is 3. The first-order valence-electron chi connectivity index (χ1n) is 5.24. The van der Waals surface area contributed by atoms with Crippen LogP contribution in [0.4, 0.5) is 0 Å². The van der Waals surface area contributed by atoms with Crippen molar-refractivity contribution in [1.82, 2.24) is 5.32 Å². The second-order valence-corrected chi connectivity index (χ2v) is 4.06. The first-order chi connectivity index (χ1) is 8.18. The molecule has 0 aliphatic carbocycles. The summed E-state index contributed by atoms with van der Waals surface area (Å²) >= 11 is 5.72. The van der Waals surface area contributed by atoms with Crippen LogP contribution in [-0.2, 0) is 6.54 Å². The lowest BCUT2D eigenvalue weighted by Gasteiger charge is -2.06. The number of aryl methyl sites for hydroxylation is 1. The Balaban J connectivity index is 2.02. The van der Waals surface area contributed by atoms with Crippen LogP contribution in [0.1, 0.15) is 21.5 Å². The van der Waals surface area contributed by atoms with Crippen molar-refractivity contribution in [2.24, 2.45) is 0 Å². The highest BCUT2D eigenvalue weighted by Crippen LogP contribution is 2.16. The molecular weight excluding hydrogens is 238 g/mol. The van der Waals surface area contributed by atoms with Gasteiger partial charge in [0.2, 0.25) is 5.22 Å². The maximum absolute atomic E-state index is 11.8. The quantitative estimate of drug-likeness (QED) is 0.908. The molecule has 1 aromatic heterocycles. The van der Waals surface area contributed by atoms with Crippen LogP contribution in [0.5, 0.6) is 0 Å². The van der Waals surface area contributed by atoms with E-state index in [0.29, 0.717) is 12.1 Å². The van der Waals surface area contributed by atoms with Crippen molar-refractivity contribution in [3.05, 3.63) is 58.5 Å². The van der Waals surface area contributed by atoms with Crippen LogP contribution in [0.25, 0.3) is 0 Å². The van der Waals surface area contributed by atoms with E-state index >= 15 is 0 Å². The predicted molar refractivity (Wildman–Crippen MR) is 66.1 cm³/mol. The van der Waals surface area contributed by atoms with E-state index in [1.54, 1.807) is 6.07 Å². The molecule has 0 fully saturated rings. The van der Waals surface area contributed by atoms with Crippen LogP contribution in [-0.4, -0.2) is 5.91 Å². The molecule has 17 heavy (non-hydrogen) atoms. The van der Waals surface area contributed by atoms with E-state index in [0.717, 1.165) is 11.1 Å². The molecular formula is C13H12ClNO2. The number of furan rings is 1. The van der Waals surface area contributed by atoms with Crippen molar-refractivity contribution >= 4 is 17.5 Å². The van der Waals surface area contributed by atoms with E-state index in [2.05, 4.69) is 5.32 Å². The molecule has 1 amide bonds. The Hall–Kier alpha value is -1.74. The molecule has 3 nitrogen and oxygen atoms in total. The molecule has 2 rings (SSSR count). The van der Waals surface area contributed by atoms with E-state index in [1.165, 1.54) is 6.26 Å². The SMILES string of the molecule is Cc1ccccc1CNC(=O)c1ccoc1Cl. The van der Waals surface area contributed by atoms with Crippen LogP contribution in [0.2, 0.25) is 5.22 Å². The van der Waals surface area contributed by atoms with Crippen LogP contribution in [0.3, 0.4) is 0 Å². The average Bonchev–Trinajstić information content (AvgIpc) is 2.74. The minimum Gasteiger partial charge on any atom is -0.452 e. The fourth-order valence-electron chi connectivity index (χ4n) is 1.53. The summed E-state index contributed by atoms with van der Waals surface area (Å²) < 4.78 is 4.87. The molecule has 1 N–H and O–H groups in total. The molecule has 2 aromatic rings. The molecule has 0 saturated heterocycles. The summed E-state index contributed by atoms with van der Waals surface area (Å²) in [7, 11) is 0. The summed E-state index contributed by atoms with van der Waals surface area (Å²) in [4.78, 5) is 11.8. The lowest BCUT2D eigenvalue weighted by atomic mass is 10.1. The van der Waals surface area contributed by atoms with Crippen LogP contribution < -0.4 is 5.32 Å². The lowest BCUT2D eigenvalue weighted by Crippen LogP contribution is -2.22. The third kappa shape index (κ3) is 2.68. The van der Waals surface area contributed by atoms with Gasteiger partial charge in [0.15, 0.2) is 0 Å². The summed E-state index contributed by atoms with van der Waals surface area (Å²) in [5, 5.41) is 2.92. The predicted octanol–water partition coefficient (Wildman–Crippen LogP) is 3.17. The van der Waals surface area contributed by atoms with Gasteiger partial charge in [-0.2, -0.15) is 0 Å². The van der Waals surface area contributed by atoms with Gasteiger partial charge in [0.05, 0.1) is 11.8 Å². The van der Waals surface area contributed by atoms with Crippen molar-refractivity contribution in [3.8, 4) is 0 Å². The van der Waals surface area contributed by atoms with Crippen LogP contribution >= 0.6 is 11.6 Å². The van der Waals surface area contributed by atoms with Gasteiger partial charge in [-0.15, -0.1) is 0 Å². The molecule has 4 heteroatoms. The van der Waals surface area contributed by atoms with Crippen molar-refractivity contribution in [1.29, 1.82) is 0 Å². The number of benzene rings is 1. The number of nitrogens with one attached hydrogen (secondary N) is 1. The Morgan fingerprint density at radius 3 is 2.76 bits per heavy atom. The first kappa shape index (κ1) is 11.7. The average molecular weight is 250 g/mol. The number of halogens is 1. The second-order valence-electron chi connectivity index (χ2n) is 3.72. The summed E-state index contributed by atoms with van der Waals surface area (Å²) in [5.74, 6) is -0.230. The van der Waals surface area contributed by atoms with Gasteiger partial charge in [-0.3, -0.25) is 4.79 Å². The van der Waals surface area contributed by atoms with E-state index in [9.17, 15) is 4.79 Å². The Morgan fingerprint density at radius 1 is 1.35 bits per heavy atom. The lowest BCUT2D eigenvalue weighted by molar-refractivity contribution is 0.0950. The molecule has 0 atom stereocenters. The highest BCUT2D eigenvalue weighted by molar-refractivity contribution is 6.32. The van der Waals surface area contributed by atoms with Gasteiger partial charge in [-0.1, -0.05) is 24.3 Å². The maximum atomic E-state index is 11.8. The van der Waals surface area contributed by atoms with Gasteiger partial charge in [0.25, 0.3) is 5.91 Å². The molecule has 88 valence electrons. The number of hydrogen-bond donors (Lipinski definition) is 1. The monoisotopic (exact) mass is 249 g/mol. The van der Waals surface area contributed by atoms with Gasteiger partial charge in [-0.05, 0) is 35.7 Å². The molecule has 0 aliphatic heterocycles. The van der Waals surface area contributed by atoms with E-state index in [1.807, 2.05) is 31.2 Å². The fourth-order valence-corrected chi connectivity index (χ4v) is 1.74. The zero-order valence-corrected chi connectivity index (χ0v) is 10.1. The summed E-state index contributed by atoms with van der Waals surface area (Å²) in [6.07, 6.45) is 1.39. The van der Waals surface area contributed by atoms with Crippen LogP contribution in [0.15, 0.2) is 41.0 Å². The van der Waals surface area contributed by atoms with Crippen molar-refractivity contribution in [2.45, 2.75) is 13.5 Å². The van der Waals surface area contributed by atoms with Crippen LogP contribution in [0, 0.1) is 6.92 Å². The summed E-state index contributed by atoms with van der Waals surface area (Å²) in [5.41, 5.74) is 2.59. The van der Waals surface area contributed by atoms with Crippen molar-refractivity contribution in [3.63, 3.8) is 0 Å². The minimum atomic E-state index is -0.230. The number of hydrogen-bond acceptors (Lipinski definition) is 2. The highest BCUT2D eigenvalue weighted by Gasteiger charge is 2.12. The van der Waals surface area contributed by atoms with Gasteiger partial charge in [0, 0.05) is 6.54 Å². The summed E-state index contributed by atoms with van der Waals surface area (Å²) in [6.45, 7) is 2.49. The molecule has 0 aliphatic rings. The fraction of sp³-hybridized carbons (Fsp3) is 0.154. The Kier molecular flexibility index (Phi) is 3.49. The largest absolute Gasteiger partial charge is 0.452 e. The molecule has 0 radical (unpaired) electrons. The molecule has 1 heterocycles. The van der Waals surface area contributed by atoms with Gasteiger partial charge in [-0.25, -0.2) is 0 Å². The van der Waals surface area contributed by atoms with E-state index in [-0.39, 0.29) is 11.1 Å². The van der Waals surface area contributed by atoms with Crippen molar-refractivity contribution < 1.29 is 9.21 Å². The Labute approximate surface area is 104 Å². The normalized spacial score (nSPS) is 10.2. The standard InChI is InChI=1S/C13H12ClNO2/c1-9-4-2-3-5-10(9)8-15-13(16)11-6-7-17-12(11)14/h2-7H,8H2,1H3,(H,15,16). The molecule has 0 unspecified atom stereocenters. The first-order valence-corrected chi connectivity index (χ1v) is 5.62. The number of carbonyl (C=O) groups excluding carboxylic acids is 1. The Morgan fingerprint density at radius 2 is 2.12 bits per heavy atom. The number of amides is 1. The summed E-state index contributed by atoms with van der Waals surface area (Å²) in [6, 6.07) is 9.45. The molecule has 0 spiro atoms. The maximum Gasteiger partial charge on any atom is 0.256 e. The topological polar surface area (TPSA) is 42.2 Å². The third-order valence-corrected chi connectivity index (χ3v) is 2.86. The minimum absolute atomic E-state index is 0.118. The highest BCUT2D eigenvalue weighted by atomic mass is 35.5. The zero-order chi connectivity index (χ0) is 12.3. The molecule has 0 saturated carbocycles. The molecule has 0 bridgehead atoms. The van der Waals surface area contributed by atoms with Gasteiger partial charge >= 0.3 is 0 Å². The van der Waals surface area contributed by atoms with E-state index in [4.69, 9.17) is 16.0 Å². The smallest absolute Gasteiger partial charge is 0.256 e. The van der Waals surface area contributed by atoms with Gasteiger partial charge < -0.3 is 9.73 Å². The van der Waals surface area contributed by atoms with Gasteiger partial charge in [0.1, 0.15) is 0 Å².